The number of hydrogen-bond acceptors (Lipinski definition) is 2. The van der Waals surface area contributed by atoms with Gasteiger partial charge in [0.25, 0.3) is 0 Å². The highest BCUT2D eigenvalue weighted by Crippen LogP contribution is 2.42. The van der Waals surface area contributed by atoms with Crippen LogP contribution in [0.5, 0.6) is 0 Å². The first-order valence-corrected chi connectivity index (χ1v) is 9.09. The van der Waals surface area contributed by atoms with Crippen LogP contribution in [0.3, 0.4) is 0 Å². The third-order valence-electron chi connectivity index (χ3n) is 6.31. The van der Waals surface area contributed by atoms with Crippen molar-refractivity contribution in [3.8, 4) is 0 Å². The molecular weight excluding hydrogens is 244 g/mol. The molecule has 0 aromatic carbocycles. The van der Waals surface area contributed by atoms with Gasteiger partial charge in [-0.2, -0.15) is 0 Å². The van der Waals surface area contributed by atoms with Gasteiger partial charge in [-0.25, -0.2) is 0 Å². The van der Waals surface area contributed by atoms with Gasteiger partial charge in [-0.3, -0.25) is 4.90 Å². The minimum Gasteiger partial charge on any atom is -0.314 e. The van der Waals surface area contributed by atoms with E-state index in [0.717, 1.165) is 18.0 Å². The Morgan fingerprint density at radius 3 is 2.45 bits per heavy atom. The fourth-order valence-corrected chi connectivity index (χ4v) is 4.46. The zero-order valence-corrected chi connectivity index (χ0v) is 14.3. The van der Waals surface area contributed by atoms with E-state index in [4.69, 9.17) is 0 Å². The number of nitrogens with one attached hydrogen (secondary N) is 1. The van der Waals surface area contributed by atoms with E-state index in [9.17, 15) is 0 Å². The molecule has 1 N–H and O–H groups in total. The zero-order valence-electron chi connectivity index (χ0n) is 14.3. The first-order chi connectivity index (χ1) is 9.62. The lowest BCUT2D eigenvalue weighted by Gasteiger charge is -2.46. The summed E-state index contributed by atoms with van der Waals surface area (Å²) in [5.41, 5.74) is 0.650. The Balaban J connectivity index is 1.91. The molecule has 2 aliphatic rings. The molecule has 0 aromatic heterocycles. The van der Waals surface area contributed by atoms with Crippen molar-refractivity contribution in [3.63, 3.8) is 0 Å². The SMILES string of the molecule is CCCNC1CCN(CC2(CC)CCCC2)C(C)C1C. The van der Waals surface area contributed by atoms with Crippen LogP contribution in [0.1, 0.15) is 72.6 Å². The van der Waals surface area contributed by atoms with Crippen molar-refractivity contribution in [2.45, 2.75) is 84.7 Å². The lowest BCUT2D eigenvalue weighted by Crippen LogP contribution is -2.55. The molecule has 1 saturated heterocycles. The van der Waals surface area contributed by atoms with Gasteiger partial charge in [-0.05, 0) is 63.5 Å². The predicted octanol–water partition coefficient (Wildman–Crippen LogP) is 4.06. The van der Waals surface area contributed by atoms with Crippen LogP contribution in [0.2, 0.25) is 0 Å². The lowest BCUT2D eigenvalue weighted by atomic mass is 9.80. The van der Waals surface area contributed by atoms with E-state index in [1.165, 1.54) is 64.6 Å². The fourth-order valence-electron chi connectivity index (χ4n) is 4.46. The average molecular weight is 280 g/mol. The Bertz CT molecular complexity index is 283. The van der Waals surface area contributed by atoms with Gasteiger partial charge in [0.05, 0.1) is 0 Å². The minimum atomic E-state index is 0.650. The molecule has 1 saturated carbocycles. The van der Waals surface area contributed by atoms with Crippen LogP contribution in [0.25, 0.3) is 0 Å². The van der Waals surface area contributed by atoms with Gasteiger partial charge in [0.2, 0.25) is 0 Å². The molecule has 118 valence electrons. The minimum absolute atomic E-state index is 0.650. The summed E-state index contributed by atoms with van der Waals surface area (Å²) in [5, 5.41) is 3.76. The normalized spacial score (nSPS) is 34.5. The summed E-state index contributed by atoms with van der Waals surface area (Å²) < 4.78 is 0. The van der Waals surface area contributed by atoms with Gasteiger partial charge in [0.15, 0.2) is 0 Å². The standard InChI is InChI=1S/C18H36N2/c1-5-12-19-17-9-13-20(16(4)15(17)3)14-18(6-2)10-7-8-11-18/h15-17,19H,5-14H2,1-4H3. The highest BCUT2D eigenvalue weighted by atomic mass is 15.2. The molecule has 0 bridgehead atoms. The smallest absolute Gasteiger partial charge is 0.0120 e. The van der Waals surface area contributed by atoms with Crippen LogP contribution in [-0.4, -0.2) is 36.6 Å². The number of piperidine rings is 1. The number of rotatable bonds is 6. The van der Waals surface area contributed by atoms with Crippen molar-refractivity contribution in [1.29, 1.82) is 0 Å². The van der Waals surface area contributed by atoms with Crippen LogP contribution in [0, 0.1) is 11.3 Å². The molecule has 2 heteroatoms. The Labute approximate surface area is 126 Å². The van der Waals surface area contributed by atoms with Crippen molar-refractivity contribution >= 4 is 0 Å². The lowest BCUT2D eigenvalue weighted by molar-refractivity contribution is 0.0414. The summed E-state index contributed by atoms with van der Waals surface area (Å²) >= 11 is 0. The van der Waals surface area contributed by atoms with Crippen LogP contribution < -0.4 is 5.32 Å². The van der Waals surface area contributed by atoms with Crippen molar-refractivity contribution in [1.82, 2.24) is 10.2 Å². The molecule has 2 fully saturated rings. The second-order valence-electron chi connectivity index (χ2n) is 7.48. The van der Waals surface area contributed by atoms with Crippen molar-refractivity contribution < 1.29 is 0 Å². The first kappa shape index (κ1) is 16.3. The van der Waals surface area contributed by atoms with E-state index >= 15 is 0 Å². The Morgan fingerprint density at radius 2 is 1.85 bits per heavy atom. The van der Waals surface area contributed by atoms with Gasteiger partial charge >= 0.3 is 0 Å². The second kappa shape index (κ2) is 7.26. The molecule has 0 spiro atoms. The molecule has 2 nitrogen and oxygen atoms in total. The van der Waals surface area contributed by atoms with E-state index in [2.05, 4.69) is 37.9 Å². The van der Waals surface area contributed by atoms with Crippen molar-refractivity contribution in [2.75, 3.05) is 19.6 Å². The number of nitrogens with zero attached hydrogens (tertiary/aromatic N) is 1. The highest BCUT2D eigenvalue weighted by Gasteiger charge is 2.38. The summed E-state index contributed by atoms with van der Waals surface area (Å²) in [7, 11) is 0. The predicted molar refractivity (Wildman–Crippen MR) is 88.1 cm³/mol. The monoisotopic (exact) mass is 280 g/mol. The molecule has 3 unspecified atom stereocenters. The molecule has 0 aromatic rings. The maximum absolute atomic E-state index is 3.76. The molecule has 1 aliphatic carbocycles. The maximum Gasteiger partial charge on any atom is 0.0120 e. The van der Waals surface area contributed by atoms with E-state index in [1.807, 2.05) is 0 Å². The van der Waals surface area contributed by atoms with Crippen molar-refractivity contribution in [3.05, 3.63) is 0 Å². The van der Waals surface area contributed by atoms with Gasteiger partial charge in [0.1, 0.15) is 0 Å². The van der Waals surface area contributed by atoms with Crippen LogP contribution in [0.15, 0.2) is 0 Å². The van der Waals surface area contributed by atoms with Gasteiger partial charge in [-0.15, -0.1) is 0 Å². The van der Waals surface area contributed by atoms with E-state index in [-0.39, 0.29) is 0 Å². The Hall–Kier alpha value is -0.0800. The van der Waals surface area contributed by atoms with E-state index in [0.29, 0.717) is 5.41 Å². The summed E-state index contributed by atoms with van der Waals surface area (Å²) in [6, 6.07) is 1.48. The largest absolute Gasteiger partial charge is 0.314 e. The average Bonchev–Trinajstić information content (AvgIpc) is 2.92. The maximum atomic E-state index is 3.76. The topological polar surface area (TPSA) is 15.3 Å². The molecule has 1 heterocycles. The second-order valence-corrected chi connectivity index (χ2v) is 7.48. The molecular formula is C18H36N2. The number of likely N-dealkylation sites (tertiary alicyclic amines) is 1. The van der Waals surface area contributed by atoms with Crippen LogP contribution in [0.4, 0.5) is 0 Å². The van der Waals surface area contributed by atoms with E-state index < -0.39 is 0 Å². The van der Waals surface area contributed by atoms with Gasteiger partial charge < -0.3 is 5.32 Å². The molecule has 1 aliphatic heterocycles. The molecule has 0 radical (unpaired) electrons. The van der Waals surface area contributed by atoms with Crippen LogP contribution in [-0.2, 0) is 0 Å². The summed E-state index contributed by atoms with van der Waals surface area (Å²) in [6.07, 6.45) is 9.84. The summed E-state index contributed by atoms with van der Waals surface area (Å²) in [5.74, 6) is 0.783. The Morgan fingerprint density at radius 1 is 1.15 bits per heavy atom. The van der Waals surface area contributed by atoms with Gasteiger partial charge in [-0.1, -0.05) is 33.6 Å². The zero-order chi connectivity index (χ0) is 14.6. The molecule has 3 atom stereocenters. The molecule has 2 rings (SSSR count). The Kier molecular flexibility index (Phi) is 5.92. The third-order valence-corrected chi connectivity index (χ3v) is 6.31. The fraction of sp³-hybridized carbons (Fsp3) is 1.00. The van der Waals surface area contributed by atoms with Crippen LogP contribution >= 0.6 is 0 Å². The third kappa shape index (κ3) is 3.57. The van der Waals surface area contributed by atoms with E-state index in [1.54, 1.807) is 0 Å². The van der Waals surface area contributed by atoms with Crippen molar-refractivity contribution in [2.24, 2.45) is 11.3 Å². The summed E-state index contributed by atoms with van der Waals surface area (Å²) in [6.45, 7) is 13.4. The summed E-state index contributed by atoms with van der Waals surface area (Å²) in [4.78, 5) is 2.81. The highest BCUT2D eigenvalue weighted by molar-refractivity contribution is 4.93. The first-order valence-electron chi connectivity index (χ1n) is 9.09. The molecule has 20 heavy (non-hydrogen) atoms. The van der Waals surface area contributed by atoms with Gasteiger partial charge in [0, 0.05) is 18.6 Å². The quantitative estimate of drug-likeness (QED) is 0.789. The molecule has 0 amide bonds. The number of hydrogen-bond donors (Lipinski definition) is 1.